The van der Waals surface area contributed by atoms with Crippen LogP contribution in [0.3, 0.4) is 0 Å². The van der Waals surface area contributed by atoms with E-state index in [0.29, 0.717) is 12.5 Å². The Morgan fingerprint density at radius 2 is 1.76 bits per heavy atom. The Bertz CT molecular complexity index is 1140. The van der Waals surface area contributed by atoms with Crippen LogP contribution in [0.4, 0.5) is 0 Å². The fourth-order valence-electron chi connectivity index (χ4n) is 4.72. The van der Waals surface area contributed by atoms with E-state index in [4.69, 9.17) is 9.47 Å². The monoisotopic (exact) mass is 459 g/mol. The minimum absolute atomic E-state index is 0.000284. The third kappa shape index (κ3) is 5.98. The fourth-order valence-corrected chi connectivity index (χ4v) is 4.72. The zero-order valence-corrected chi connectivity index (χ0v) is 20.8. The van der Waals surface area contributed by atoms with Crippen LogP contribution in [0.25, 0.3) is 11.1 Å². The highest BCUT2D eigenvalue weighted by molar-refractivity contribution is 5.70. The lowest BCUT2D eigenvalue weighted by atomic mass is 9.93. The van der Waals surface area contributed by atoms with E-state index < -0.39 is 0 Å². The van der Waals surface area contributed by atoms with Gasteiger partial charge in [-0.3, -0.25) is 4.79 Å². The summed E-state index contributed by atoms with van der Waals surface area (Å²) in [6.07, 6.45) is 7.23. The van der Waals surface area contributed by atoms with Crippen molar-refractivity contribution in [3.8, 4) is 17.0 Å². The number of pyridine rings is 1. The molecule has 3 aromatic rings. The van der Waals surface area contributed by atoms with Crippen LogP contribution in [0.5, 0.6) is 5.88 Å². The molecule has 1 N–H and O–H groups in total. The summed E-state index contributed by atoms with van der Waals surface area (Å²) in [5.41, 5.74) is 7.65. The molecule has 1 fully saturated rings. The molecule has 34 heavy (non-hydrogen) atoms. The normalized spacial score (nSPS) is 15.9. The molecule has 1 atom stereocenters. The first-order valence-electron chi connectivity index (χ1n) is 12.7. The van der Waals surface area contributed by atoms with Gasteiger partial charge in [-0.1, -0.05) is 55.8 Å². The minimum Gasteiger partial charge on any atom is -0.476 e. The van der Waals surface area contributed by atoms with Crippen LogP contribution in [0, 0.1) is 13.8 Å². The minimum atomic E-state index is 0.000284. The van der Waals surface area contributed by atoms with Crippen molar-refractivity contribution in [1.29, 1.82) is 0 Å². The maximum absolute atomic E-state index is 13.4. The lowest BCUT2D eigenvalue weighted by molar-refractivity contribution is -0.0119. The molecule has 0 spiro atoms. The van der Waals surface area contributed by atoms with E-state index in [1.807, 2.05) is 12.1 Å². The quantitative estimate of drug-likeness (QED) is 0.406. The first-order valence-corrected chi connectivity index (χ1v) is 12.7. The molecular formula is C30H37NO3. The number of aryl methyl sites for hydroxylation is 4. The van der Waals surface area contributed by atoms with Gasteiger partial charge in [-0.25, -0.2) is 0 Å². The topological polar surface area (TPSA) is 51.3 Å². The van der Waals surface area contributed by atoms with Crippen LogP contribution in [-0.2, 0) is 24.0 Å². The number of hydrogen-bond acceptors (Lipinski definition) is 3. The van der Waals surface area contributed by atoms with Gasteiger partial charge < -0.3 is 14.5 Å². The number of benzene rings is 2. The van der Waals surface area contributed by atoms with Crippen molar-refractivity contribution < 1.29 is 9.47 Å². The predicted octanol–water partition coefficient (Wildman–Crippen LogP) is 6.34. The third-order valence-corrected chi connectivity index (χ3v) is 6.88. The summed E-state index contributed by atoms with van der Waals surface area (Å²) in [6, 6.07) is 16.6. The SMILES string of the molecule is CCCc1ccc(CCc2[nH]c(OCC3CCCCO3)cc(=O)c2-c2cccc(C)c2C)cc1. The van der Waals surface area contributed by atoms with Crippen molar-refractivity contribution in [2.24, 2.45) is 0 Å². The summed E-state index contributed by atoms with van der Waals surface area (Å²) in [6.45, 7) is 7.64. The number of nitrogens with one attached hydrogen (secondary N) is 1. The van der Waals surface area contributed by atoms with Gasteiger partial charge in [-0.05, 0) is 80.2 Å². The van der Waals surface area contributed by atoms with Crippen molar-refractivity contribution >= 4 is 0 Å². The molecule has 1 saturated heterocycles. The van der Waals surface area contributed by atoms with Crippen molar-refractivity contribution in [2.45, 2.75) is 71.8 Å². The molecule has 0 radical (unpaired) electrons. The van der Waals surface area contributed by atoms with E-state index in [1.54, 1.807) is 6.07 Å². The lowest BCUT2D eigenvalue weighted by Crippen LogP contribution is -2.26. The Morgan fingerprint density at radius 3 is 2.47 bits per heavy atom. The average molecular weight is 460 g/mol. The summed E-state index contributed by atoms with van der Waals surface area (Å²) in [4.78, 5) is 16.8. The molecule has 2 aromatic carbocycles. The van der Waals surface area contributed by atoms with E-state index in [2.05, 4.69) is 56.1 Å². The molecule has 4 rings (SSSR count). The standard InChI is InChI=1S/C30H37NO3/c1-4-8-23-12-14-24(15-13-23)16-17-27-30(26-11-7-9-21(2)22(26)3)28(32)19-29(31-27)34-20-25-10-5-6-18-33-25/h7,9,11-15,19,25H,4-6,8,10,16-18,20H2,1-3H3,(H,31,32). The molecule has 4 nitrogen and oxygen atoms in total. The molecule has 1 aromatic heterocycles. The molecule has 0 saturated carbocycles. The van der Waals surface area contributed by atoms with Crippen LogP contribution >= 0.6 is 0 Å². The van der Waals surface area contributed by atoms with Crippen LogP contribution in [0.2, 0.25) is 0 Å². The van der Waals surface area contributed by atoms with Crippen LogP contribution in [0.15, 0.2) is 53.3 Å². The summed E-state index contributed by atoms with van der Waals surface area (Å²) in [7, 11) is 0. The zero-order chi connectivity index (χ0) is 23.9. The molecule has 0 amide bonds. The number of hydrogen-bond donors (Lipinski definition) is 1. The molecule has 180 valence electrons. The molecule has 4 heteroatoms. The van der Waals surface area contributed by atoms with Crippen molar-refractivity contribution in [2.75, 3.05) is 13.2 Å². The number of H-pyrrole nitrogens is 1. The number of rotatable bonds is 9. The van der Waals surface area contributed by atoms with Gasteiger partial charge in [-0.2, -0.15) is 0 Å². The zero-order valence-electron chi connectivity index (χ0n) is 20.8. The van der Waals surface area contributed by atoms with Gasteiger partial charge in [0, 0.05) is 23.9 Å². The molecular weight excluding hydrogens is 422 g/mol. The summed E-state index contributed by atoms with van der Waals surface area (Å²) in [5, 5.41) is 0. The van der Waals surface area contributed by atoms with Gasteiger partial charge in [0.1, 0.15) is 6.61 Å². The highest BCUT2D eigenvalue weighted by Crippen LogP contribution is 2.27. The number of ether oxygens (including phenoxy) is 2. The summed E-state index contributed by atoms with van der Waals surface area (Å²) >= 11 is 0. The average Bonchev–Trinajstić information content (AvgIpc) is 2.85. The summed E-state index contributed by atoms with van der Waals surface area (Å²) < 4.78 is 11.8. The van der Waals surface area contributed by atoms with Gasteiger partial charge in [0.2, 0.25) is 0 Å². The smallest absolute Gasteiger partial charge is 0.194 e. The van der Waals surface area contributed by atoms with Gasteiger partial charge in [-0.15, -0.1) is 0 Å². The summed E-state index contributed by atoms with van der Waals surface area (Å²) in [5.74, 6) is 0.529. The van der Waals surface area contributed by atoms with Crippen molar-refractivity contribution in [3.63, 3.8) is 0 Å². The second kappa shape index (κ2) is 11.5. The van der Waals surface area contributed by atoms with E-state index >= 15 is 0 Å². The Kier molecular flexibility index (Phi) is 8.23. The Hall–Kier alpha value is -2.85. The van der Waals surface area contributed by atoms with E-state index in [1.165, 1.54) is 23.1 Å². The highest BCUT2D eigenvalue weighted by atomic mass is 16.5. The Labute approximate surface area is 203 Å². The first kappa shape index (κ1) is 24.3. The Balaban J connectivity index is 1.61. The second-order valence-electron chi connectivity index (χ2n) is 9.46. The van der Waals surface area contributed by atoms with E-state index in [0.717, 1.165) is 67.5 Å². The van der Waals surface area contributed by atoms with E-state index in [9.17, 15) is 4.79 Å². The van der Waals surface area contributed by atoms with Crippen molar-refractivity contribution in [3.05, 3.63) is 86.7 Å². The van der Waals surface area contributed by atoms with Gasteiger partial charge in [0.15, 0.2) is 11.3 Å². The highest BCUT2D eigenvalue weighted by Gasteiger charge is 2.18. The first-order chi connectivity index (χ1) is 16.5. The van der Waals surface area contributed by atoms with E-state index in [-0.39, 0.29) is 11.5 Å². The molecule has 1 unspecified atom stereocenters. The van der Waals surface area contributed by atoms with Crippen LogP contribution < -0.4 is 10.2 Å². The van der Waals surface area contributed by atoms with Gasteiger partial charge in [0.05, 0.1) is 6.10 Å². The van der Waals surface area contributed by atoms with Gasteiger partial charge in [0.25, 0.3) is 0 Å². The molecule has 1 aliphatic heterocycles. The molecule has 0 aliphatic carbocycles. The molecule has 1 aliphatic rings. The fraction of sp³-hybridized carbons (Fsp3) is 0.433. The number of aromatic nitrogens is 1. The van der Waals surface area contributed by atoms with Crippen molar-refractivity contribution in [1.82, 2.24) is 4.98 Å². The van der Waals surface area contributed by atoms with Gasteiger partial charge >= 0.3 is 0 Å². The number of aromatic amines is 1. The van der Waals surface area contributed by atoms with Crippen LogP contribution in [0.1, 0.15) is 60.6 Å². The van der Waals surface area contributed by atoms with Crippen LogP contribution in [-0.4, -0.2) is 24.3 Å². The second-order valence-corrected chi connectivity index (χ2v) is 9.46. The third-order valence-electron chi connectivity index (χ3n) is 6.88. The maximum Gasteiger partial charge on any atom is 0.194 e. The Morgan fingerprint density at radius 1 is 1.00 bits per heavy atom. The molecule has 2 heterocycles. The lowest BCUT2D eigenvalue weighted by Gasteiger charge is -2.23. The predicted molar refractivity (Wildman–Crippen MR) is 139 cm³/mol. The molecule has 0 bridgehead atoms. The maximum atomic E-state index is 13.4. The largest absolute Gasteiger partial charge is 0.476 e.